The molecule has 0 spiro atoms. The minimum absolute atomic E-state index is 0.0626. The molecule has 1 aromatic heterocycles. The second-order valence-electron chi connectivity index (χ2n) is 12.6. The number of pyridine rings is 1. The van der Waals surface area contributed by atoms with Gasteiger partial charge in [0, 0.05) is 35.1 Å². The molecule has 1 aliphatic carbocycles. The first-order chi connectivity index (χ1) is 21.8. The molecule has 0 unspecified atom stereocenters. The first-order valence-electron chi connectivity index (χ1n) is 14.8. The first-order valence-corrected chi connectivity index (χ1v) is 14.8. The molecule has 1 heterocycles. The highest BCUT2D eigenvalue weighted by Gasteiger charge is 2.65. The largest absolute Gasteiger partial charge is 0.493 e. The van der Waals surface area contributed by atoms with Crippen molar-refractivity contribution in [3.63, 3.8) is 0 Å². The van der Waals surface area contributed by atoms with Gasteiger partial charge >= 0.3 is 0 Å². The van der Waals surface area contributed by atoms with Crippen LogP contribution >= 0.6 is 0 Å². The number of carbonyl (C=O) groups excluding carboxylic acids is 2. The second-order valence-corrected chi connectivity index (χ2v) is 12.6. The van der Waals surface area contributed by atoms with Crippen LogP contribution in [0.1, 0.15) is 34.6 Å². The van der Waals surface area contributed by atoms with Crippen LogP contribution in [0.3, 0.4) is 0 Å². The van der Waals surface area contributed by atoms with E-state index in [1.807, 2.05) is 34.6 Å². The fraction of sp³-hybridized carbons (Fsp3) is 0.343. The second kappa shape index (κ2) is 12.9. The van der Waals surface area contributed by atoms with Crippen LogP contribution in [0.15, 0.2) is 66.9 Å². The van der Waals surface area contributed by atoms with E-state index in [1.54, 1.807) is 24.4 Å². The Morgan fingerprint density at radius 3 is 2.11 bits per heavy atom. The lowest BCUT2D eigenvalue weighted by Gasteiger charge is -2.20. The third-order valence-corrected chi connectivity index (χ3v) is 7.79. The number of amides is 2. The van der Waals surface area contributed by atoms with Crippen molar-refractivity contribution in [1.29, 1.82) is 0 Å². The molecule has 3 aromatic carbocycles. The monoisotopic (exact) mass is 633 g/mol. The van der Waals surface area contributed by atoms with E-state index in [-0.39, 0.29) is 22.9 Å². The van der Waals surface area contributed by atoms with Gasteiger partial charge in [-0.2, -0.15) is 0 Å². The number of nitrogens with zero attached hydrogens (tertiary/aromatic N) is 1. The molecule has 4 aromatic rings. The molecule has 9 nitrogen and oxygen atoms in total. The Morgan fingerprint density at radius 2 is 1.48 bits per heavy atom. The number of rotatable bonds is 11. The van der Waals surface area contributed by atoms with Crippen LogP contribution in [0.4, 0.5) is 20.2 Å². The summed E-state index contributed by atoms with van der Waals surface area (Å²) in [7, 11) is 1.52. The maximum Gasteiger partial charge on any atom is 0.228 e. The number of aromatic nitrogens is 1. The average molecular weight is 634 g/mol. The molecule has 46 heavy (non-hydrogen) atoms. The highest BCUT2D eigenvalue weighted by Crippen LogP contribution is 2.59. The van der Waals surface area contributed by atoms with Crippen molar-refractivity contribution in [2.24, 2.45) is 17.3 Å². The van der Waals surface area contributed by atoms with Gasteiger partial charge in [0.05, 0.1) is 36.7 Å². The Balaban J connectivity index is 1.25. The summed E-state index contributed by atoms with van der Waals surface area (Å²) in [6.45, 7) is 10.2. The maximum atomic E-state index is 15.3. The molecule has 5 rings (SSSR count). The molecule has 242 valence electrons. The highest BCUT2D eigenvalue weighted by molar-refractivity contribution is 6.04. The first kappa shape index (κ1) is 32.6. The van der Waals surface area contributed by atoms with Gasteiger partial charge in [-0.15, -0.1) is 0 Å². The van der Waals surface area contributed by atoms with E-state index in [1.165, 1.54) is 43.5 Å². The van der Waals surface area contributed by atoms with Crippen molar-refractivity contribution in [2.75, 3.05) is 31.0 Å². The van der Waals surface area contributed by atoms with Crippen molar-refractivity contribution in [3.05, 3.63) is 78.5 Å². The van der Waals surface area contributed by atoms with Gasteiger partial charge in [0.1, 0.15) is 18.2 Å². The smallest absolute Gasteiger partial charge is 0.228 e. The molecule has 2 amide bonds. The normalized spacial score (nSPS) is 16.9. The lowest BCUT2D eigenvalue weighted by Crippen LogP contribution is -2.22. The quantitative estimate of drug-likeness (QED) is 0.166. The number of fused-ring (bicyclic) bond motifs is 1. The van der Waals surface area contributed by atoms with E-state index in [0.29, 0.717) is 47.1 Å². The summed E-state index contributed by atoms with van der Waals surface area (Å²) in [5, 5.41) is 6.02. The molecule has 1 aliphatic rings. The molecule has 2 N–H and O–H groups in total. The molecule has 0 aliphatic heterocycles. The zero-order valence-corrected chi connectivity index (χ0v) is 26.6. The third kappa shape index (κ3) is 7.37. The molecule has 0 saturated heterocycles. The average Bonchev–Trinajstić information content (AvgIpc) is 3.59. The summed E-state index contributed by atoms with van der Waals surface area (Å²) in [5.41, 5.74) is 0.297. The van der Waals surface area contributed by atoms with Crippen LogP contribution in [0.5, 0.6) is 23.0 Å². The number of methoxy groups -OCH3 is 1. The molecule has 0 bridgehead atoms. The van der Waals surface area contributed by atoms with Crippen molar-refractivity contribution < 1.29 is 37.3 Å². The Hall–Kier alpha value is -4.77. The minimum atomic E-state index is -0.700. The van der Waals surface area contributed by atoms with E-state index in [2.05, 4.69) is 15.6 Å². The molecule has 1 fully saturated rings. The topological polar surface area (TPSA) is 108 Å². The van der Waals surface area contributed by atoms with Crippen molar-refractivity contribution >= 4 is 34.1 Å². The fourth-order valence-electron chi connectivity index (χ4n) is 5.36. The van der Waals surface area contributed by atoms with Gasteiger partial charge in [0.15, 0.2) is 23.1 Å². The number of benzene rings is 3. The summed E-state index contributed by atoms with van der Waals surface area (Å²) < 4.78 is 51.5. The molecule has 0 radical (unpaired) electrons. The van der Waals surface area contributed by atoms with E-state index >= 15 is 4.39 Å². The Bertz CT molecular complexity index is 1750. The Kier molecular flexibility index (Phi) is 9.16. The van der Waals surface area contributed by atoms with Crippen LogP contribution in [0, 0.1) is 28.9 Å². The van der Waals surface area contributed by atoms with Crippen LogP contribution in [0.2, 0.25) is 0 Å². The van der Waals surface area contributed by atoms with Gasteiger partial charge in [-0.05, 0) is 74.7 Å². The van der Waals surface area contributed by atoms with E-state index in [0.717, 1.165) is 6.07 Å². The minimum Gasteiger partial charge on any atom is -0.493 e. The highest BCUT2D eigenvalue weighted by atomic mass is 19.1. The Morgan fingerprint density at radius 1 is 0.826 bits per heavy atom. The zero-order valence-electron chi connectivity index (χ0n) is 26.6. The van der Waals surface area contributed by atoms with Crippen LogP contribution in [-0.4, -0.2) is 42.7 Å². The van der Waals surface area contributed by atoms with Gasteiger partial charge < -0.3 is 29.6 Å². The zero-order chi connectivity index (χ0) is 33.2. The van der Waals surface area contributed by atoms with Gasteiger partial charge in [-0.1, -0.05) is 13.8 Å². The number of carbonyl (C=O) groups is 2. The van der Waals surface area contributed by atoms with E-state index in [9.17, 15) is 14.0 Å². The fourth-order valence-corrected chi connectivity index (χ4v) is 5.36. The lowest BCUT2D eigenvalue weighted by atomic mass is 10.1. The standard InChI is InChI=1S/C35H37F2N3O6/c1-34(2,3)45-16-15-44-29-19-25-23(18-28(29)43-6)26(13-14-38-25)46-27-12-11-22(17-24(27)37)40-33(42)31-30(35(31,4)5)32(41)39-21-9-7-20(36)8-10-21/h7-14,17-19,30-31H,15-16H2,1-6H3,(H,39,41)(H,40,42)/t30-,31+/m0/s1. The maximum absolute atomic E-state index is 15.3. The van der Waals surface area contributed by atoms with Crippen LogP contribution in [0.25, 0.3) is 10.9 Å². The molecular formula is C35H37F2N3O6. The number of halogens is 2. The Labute approximate surface area is 266 Å². The predicted molar refractivity (Wildman–Crippen MR) is 170 cm³/mol. The van der Waals surface area contributed by atoms with Gasteiger partial charge in [0.25, 0.3) is 0 Å². The molecule has 2 atom stereocenters. The summed E-state index contributed by atoms with van der Waals surface area (Å²) >= 11 is 0. The van der Waals surface area contributed by atoms with Crippen molar-refractivity contribution in [3.8, 4) is 23.0 Å². The molecular weight excluding hydrogens is 596 g/mol. The summed E-state index contributed by atoms with van der Waals surface area (Å²) in [4.78, 5) is 30.4. The number of hydrogen-bond acceptors (Lipinski definition) is 7. The SMILES string of the molecule is COc1cc2c(Oc3ccc(NC(=O)[C@H]4[C@@H](C(=O)Nc5ccc(F)cc5)C4(C)C)cc3F)ccnc2cc1OCCOC(C)(C)C. The molecule has 11 heteroatoms. The number of anilines is 2. The van der Waals surface area contributed by atoms with Gasteiger partial charge in [0.2, 0.25) is 11.8 Å². The number of ether oxygens (including phenoxy) is 4. The van der Waals surface area contributed by atoms with E-state index in [4.69, 9.17) is 18.9 Å². The van der Waals surface area contributed by atoms with Crippen LogP contribution < -0.4 is 24.8 Å². The van der Waals surface area contributed by atoms with Crippen LogP contribution in [-0.2, 0) is 14.3 Å². The van der Waals surface area contributed by atoms with Crippen molar-refractivity contribution in [1.82, 2.24) is 4.98 Å². The summed E-state index contributed by atoms with van der Waals surface area (Å²) in [6, 6.07) is 14.5. The van der Waals surface area contributed by atoms with Gasteiger partial charge in [-0.25, -0.2) is 8.78 Å². The van der Waals surface area contributed by atoms with Gasteiger partial charge in [-0.3, -0.25) is 14.6 Å². The lowest BCUT2D eigenvalue weighted by molar-refractivity contribution is -0.122. The third-order valence-electron chi connectivity index (χ3n) is 7.79. The number of nitrogens with one attached hydrogen (secondary N) is 2. The molecule has 1 saturated carbocycles. The van der Waals surface area contributed by atoms with E-state index < -0.39 is 34.8 Å². The summed E-state index contributed by atoms with van der Waals surface area (Å²) in [6.07, 6.45) is 1.54. The predicted octanol–water partition coefficient (Wildman–Crippen LogP) is 7.36. The summed E-state index contributed by atoms with van der Waals surface area (Å²) in [5.74, 6) is -1.90. The van der Waals surface area contributed by atoms with Crippen molar-refractivity contribution in [2.45, 2.75) is 40.2 Å². The number of hydrogen-bond donors (Lipinski definition) is 2.